The molecule has 2 fully saturated rings. The molecule has 0 aliphatic carbocycles. The second-order valence-corrected chi connectivity index (χ2v) is 6.68. The van der Waals surface area contributed by atoms with E-state index in [0.717, 1.165) is 44.1 Å². The molecule has 3 rings (SSSR count). The molecule has 2 saturated heterocycles. The molecule has 7 heteroatoms. The third kappa shape index (κ3) is 4.76. The Kier molecular flexibility index (Phi) is 5.99. The number of hydrogen-bond donors (Lipinski definition) is 1. The van der Waals surface area contributed by atoms with Gasteiger partial charge in [0, 0.05) is 45.3 Å². The SMILES string of the molecule is Cc1cccnc1CNC(=O)[C@H]1CC(=O)N(CCN2CCOCC2)C1. The van der Waals surface area contributed by atoms with Crippen molar-refractivity contribution in [1.82, 2.24) is 20.1 Å². The molecule has 136 valence electrons. The fourth-order valence-electron chi connectivity index (χ4n) is 3.27. The predicted octanol–water partition coefficient (Wildman–Crippen LogP) is 0.187. The average molecular weight is 346 g/mol. The van der Waals surface area contributed by atoms with Crippen LogP contribution in [0.1, 0.15) is 17.7 Å². The first-order valence-electron chi connectivity index (χ1n) is 8.89. The largest absolute Gasteiger partial charge is 0.379 e. The van der Waals surface area contributed by atoms with E-state index in [0.29, 0.717) is 26.1 Å². The first-order valence-corrected chi connectivity index (χ1v) is 8.89. The summed E-state index contributed by atoms with van der Waals surface area (Å²) in [6, 6.07) is 3.85. The minimum atomic E-state index is -0.263. The van der Waals surface area contributed by atoms with Crippen LogP contribution in [-0.2, 0) is 20.9 Å². The molecule has 0 aromatic carbocycles. The zero-order chi connectivity index (χ0) is 17.6. The quantitative estimate of drug-likeness (QED) is 0.796. The highest BCUT2D eigenvalue weighted by molar-refractivity contribution is 5.89. The summed E-state index contributed by atoms with van der Waals surface area (Å²) in [6.45, 7) is 7.75. The molecular weight excluding hydrogens is 320 g/mol. The lowest BCUT2D eigenvalue weighted by atomic mass is 10.1. The standard InChI is InChI=1S/C18H26N4O3/c1-14-3-2-4-19-16(14)12-20-18(24)15-11-17(23)22(13-15)6-5-21-7-9-25-10-8-21/h2-4,15H,5-13H2,1H3,(H,20,24)/t15-/m0/s1. The van der Waals surface area contributed by atoms with Gasteiger partial charge < -0.3 is 15.0 Å². The van der Waals surface area contributed by atoms with E-state index < -0.39 is 0 Å². The number of nitrogens with one attached hydrogen (secondary N) is 1. The Morgan fingerprint density at radius 2 is 2.16 bits per heavy atom. The van der Waals surface area contributed by atoms with Crippen LogP contribution in [0.25, 0.3) is 0 Å². The van der Waals surface area contributed by atoms with Gasteiger partial charge in [0.1, 0.15) is 0 Å². The van der Waals surface area contributed by atoms with Gasteiger partial charge >= 0.3 is 0 Å². The zero-order valence-electron chi connectivity index (χ0n) is 14.7. The van der Waals surface area contributed by atoms with Crippen molar-refractivity contribution >= 4 is 11.8 Å². The molecular formula is C18H26N4O3. The monoisotopic (exact) mass is 346 g/mol. The summed E-state index contributed by atoms with van der Waals surface area (Å²) in [5.74, 6) is -0.254. The van der Waals surface area contributed by atoms with Gasteiger partial charge in [-0.05, 0) is 18.6 Å². The second-order valence-electron chi connectivity index (χ2n) is 6.68. The maximum atomic E-state index is 12.4. The molecule has 25 heavy (non-hydrogen) atoms. The van der Waals surface area contributed by atoms with Crippen LogP contribution in [0.5, 0.6) is 0 Å². The molecule has 3 heterocycles. The topological polar surface area (TPSA) is 74.8 Å². The number of nitrogens with zero attached hydrogens (tertiary/aromatic N) is 3. The summed E-state index contributed by atoms with van der Waals surface area (Å²) in [5, 5.41) is 2.92. The van der Waals surface area contributed by atoms with Crippen LogP contribution in [-0.4, -0.2) is 72.5 Å². The van der Waals surface area contributed by atoms with Crippen molar-refractivity contribution in [3.8, 4) is 0 Å². The van der Waals surface area contributed by atoms with E-state index in [1.165, 1.54) is 0 Å². The number of ether oxygens (including phenoxy) is 1. The molecule has 1 atom stereocenters. The van der Waals surface area contributed by atoms with E-state index in [2.05, 4.69) is 15.2 Å². The number of carbonyl (C=O) groups excluding carboxylic acids is 2. The number of amides is 2. The van der Waals surface area contributed by atoms with Crippen molar-refractivity contribution in [2.24, 2.45) is 5.92 Å². The van der Waals surface area contributed by atoms with Crippen LogP contribution in [0.3, 0.4) is 0 Å². The lowest BCUT2D eigenvalue weighted by Crippen LogP contribution is -2.42. The summed E-state index contributed by atoms with van der Waals surface area (Å²) in [5.41, 5.74) is 1.92. The molecule has 2 aliphatic rings. The lowest BCUT2D eigenvalue weighted by molar-refractivity contribution is -0.129. The highest BCUT2D eigenvalue weighted by Gasteiger charge is 2.34. The van der Waals surface area contributed by atoms with Crippen molar-refractivity contribution in [3.63, 3.8) is 0 Å². The predicted molar refractivity (Wildman–Crippen MR) is 92.8 cm³/mol. The van der Waals surface area contributed by atoms with Gasteiger partial charge in [-0.15, -0.1) is 0 Å². The normalized spacial score (nSPS) is 21.6. The van der Waals surface area contributed by atoms with Gasteiger partial charge in [0.25, 0.3) is 0 Å². The minimum absolute atomic E-state index is 0.0627. The Labute approximate surface area is 148 Å². The Balaban J connectivity index is 1.44. The zero-order valence-corrected chi connectivity index (χ0v) is 14.7. The number of carbonyl (C=O) groups is 2. The van der Waals surface area contributed by atoms with Crippen LogP contribution in [0, 0.1) is 12.8 Å². The Bertz CT molecular complexity index is 616. The number of hydrogen-bond acceptors (Lipinski definition) is 5. The summed E-state index contributed by atoms with van der Waals surface area (Å²) in [4.78, 5) is 33.0. The molecule has 1 N–H and O–H groups in total. The highest BCUT2D eigenvalue weighted by atomic mass is 16.5. The summed E-state index contributed by atoms with van der Waals surface area (Å²) >= 11 is 0. The van der Waals surface area contributed by atoms with E-state index >= 15 is 0 Å². The van der Waals surface area contributed by atoms with Crippen molar-refractivity contribution < 1.29 is 14.3 Å². The Morgan fingerprint density at radius 3 is 2.92 bits per heavy atom. The van der Waals surface area contributed by atoms with E-state index in [4.69, 9.17) is 4.74 Å². The first kappa shape index (κ1) is 17.8. The number of likely N-dealkylation sites (tertiary alicyclic amines) is 1. The third-order valence-corrected chi connectivity index (χ3v) is 4.92. The molecule has 1 aromatic rings. The average Bonchev–Trinajstić information content (AvgIpc) is 3.01. The van der Waals surface area contributed by atoms with E-state index in [1.54, 1.807) is 6.20 Å². The molecule has 2 amide bonds. The van der Waals surface area contributed by atoms with Crippen LogP contribution in [0.2, 0.25) is 0 Å². The van der Waals surface area contributed by atoms with Gasteiger partial charge in [-0.3, -0.25) is 19.5 Å². The number of rotatable bonds is 6. The second kappa shape index (κ2) is 8.40. The van der Waals surface area contributed by atoms with E-state index in [1.807, 2.05) is 24.0 Å². The summed E-state index contributed by atoms with van der Waals surface area (Å²) in [6.07, 6.45) is 2.02. The Hall–Kier alpha value is -1.99. The fraction of sp³-hybridized carbons (Fsp3) is 0.611. The Morgan fingerprint density at radius 1 is 1.36 bits per heavy atom. The third-order valence-electron chi connectivity index (χ3n) is 4.92. The molecule has 0 bridgehead atoms. The van der Waals surface area contributed by atoms with Crippen molar-refractivity contribution in [3.05, 3.63) is 29.6 Å². The number of aromatic nitrogens is 1. The fourth-order valence-corrected chi connectivity index (χ4v) is 3.27. The van der Waals surface area contributed by atoms with Gasteiger partial charge in [-0.25, -0.2) is 0 Å². The van der Waals surface area contributed by atoms with Gasteiger partial charge in [-0.1, -0.05) is 6.07 Å². The maximum absolute atomic E-state index is 12.4. The molecule has 0 radical (unpaired) electrons. The van der Waals surface area contributed by atoms with Gasteiger partial charge in [-0.2, -0.15) is 0 Å². The smallest absolute Gasteiger partial charge is 0.225 e. The van der Waals surface area contributed by atoms with Crippen LogP contribution in [0.4, 0.5) is 0 Å². The summed E-state index contributed by atoms with van der Waals surface area (Å²) < 4.78 is 5.33. The van der Waals surface area contributed by atoms with Crippen LogP contribution < -0.4 is 5.32 Å². The number of pyridine rings is 1. The molecule has 2 aliphatic heterocycles. The minimum Gasteiger partial charge on any atom is -0.379 e. The molecule has 1 aromatic heterocycles. The van der Waals surface area contributed by atoms with E-state index in [-0.39, 0.29) is 17.7 Å². The first-order chi connectivity index (χ1) is 12.1. The molecule has 0 saturated carbocycles. The lowest BCUT2D eigenvalue weighted by Gasteiger charge is -2.28. The van der Waals surface area contributed by atoms with Crippen LogP contribution >= 0.6 is 0 Å². The molecule has 0 unspecified atom stereocenters. The molecule has 7 nitrogen and oxygen atoms in total. The van der Waals surface area contributed by atoms with Gasteiger partial charge in [0.05, 0.1) is 31.4 Å². The van der Waals surface area contributed by atoms with Crippen molar-refractivity contribution in [2.75, 3.05) is 45.9 Å². The molecule has 0 spiro atoms. The maximum Gasteiger partial charge on any atom is 0.225 e. The van der Waals surface area contributed by atoms with Crippen molar-refractivity contribution in [1.29, 1.82) is 0 Å². The van der Waals surface area contributed by atoms with Crippen molar-refractivity contribution in [2.45, 2.75) is 19.9 Å². The van der Waals surface area contributed by atoms with Gasteiger partial charge in [0.15, 0.2) is 0 Å². The highest BCUT2D eigenvalue weighted by Crippen LogP contribution is 2.18. The number of morpholine rings is 1. The number of aryl methyl sites for hydroxylation is 1. The van der Waals surface area contributed by atoms with Crippen LogP contribution in [0.15, 0.2) is 18.3 Å². The summed E-state index contributed by atoms with van der Waals surface area (Å²) in [7, 11) is 0. The van der Waals surface area contributed by atoms with Gasteiger partial charge in [0.2, 0.25) is 11.8 Å². The van der Waals surface area contributed by atoms with E-state index in [9.17, 15) is 9.59 Å².